The van der Waals surface area contributed by atoms with Crippen molar-refractivity contribution in [1.29, 1.82) is 0 Å². The molecule has 2 rings (SSSR count). The Kier molecular flexibility index (Phi) is 8.17. The van der Waals surface area contributed by atoms with E-state index >= 15 is 0 Å². The van der Waals surface area contributed by atoms with Gasteiger partial charge < -0.3 is 5.32 Å². The lowest BCUT2D eigenvalue weighted by molar-refractivity contribution is -0.141. The molecule has 1 amide bonds. The summed E-state index contributed by atoms with van der Waals surface area (Å²) in [5, 5.41) is 2.48. The first-order valence-electron chi connectivity index (χ1n) is 9.73. The van der Waals surface area contributed by atoms with E-state index < -0.39 is 51.2 Å². The number of carbonyl (C=O) groups excluding carboxylic acids is 1. The first kappa shape index (κ1) is 26.2. The molecule has 180 valence electrons. The second-order valence-electron chi connectivity index (χ2n) is 7.28. The third kappa shape index (κ3) is 7.52. The Morgan fingerprint density at radius 3 is 2.30 bits per heavy atom. The van der Waals surface area contributed by atoms with Crippen LogP contribution in [0.15, 0.2) is 30.3 Å². The van der Waals surface area contributed by atoms with Crippen LogP contribution in [0, 0.1) is 11.6 Å². The molecule has 0 aliphatic carbocycles. The van der Waals surface area contributed by atoms with Crippen molar-refractivity contribution in [3.8, 4) is 0 Å². The van der Waals surface area contributed by atoms with Crippen LogP contribution in [0.1, 0.15) is 48.8 Å². The molecule has 1 aromatic heterocycles. The van der Waals surface area contributed by atoms with Gasteiger partial charge in [-0.1, -0.05) is 19.4 Å². The second-order valence-corrected chi connectivity index (χ2v) is 9.03. The molecule has 33 heavy (non-hydrogen) atoms. The Bertz CT molecular complexity index is 1140. The van der Waals surface area contributed by atoms with Crippen LogP contribution in [0.4, 0.5) is 27.6 Å². The molecule has 1 aromatic carbocycles. The predicted molar refractivity (Wildman–Crippen MR) is 114 cm³/mol. The predicted octanol–water partition coefficient (Wildman–Crippen LogP) is 4.59. The largest absolute Gasteiger partial charge is 0.433 e. The number of aryl methyl sites for hydroxylation is 1. The highest BCUT2D eigenvalue weighted by molar-refractivity contribution is 7.92. The maximum Gasteiger partial charge on any atom is 0.433 e. The van der Waals surface area contributed by atoms with Crippen molar-refractivity contribution in [3.63, 3.8) is 0 Å². The molecule has 0 bridgehead atoms. The highest BCUT2D eigenvalue weighted by atomic mass is 32.2. The van der Waals surface area contributed by atoms with E-state index in [1.54, 1.807) is 11.6 Å². The first-order valence-corrected chi connectivity index (χ1v) is 11.6. The van der Waals surface area contributed by atoms with Crippen LogP contribution in [0.5, 0.6) is 0 Å². The van der Waals surface area contributed by atoms with Gasteiger partial charge in [-0.25, -0.2) is 22.2 Å². The zero-order valence-electron chi connectivity index (χ0n) is 17.9. The Morgan fingerprint density at radius 2 is 1.79 bits per heavy atom. The molecule has 2 N–H and O–H groups in total. The van der Waals surface area contributed by atoms with Gasteiger partial charge in [-0.15, -0.1) is 0 Å². The number of nitrogens with one attached hydrogen (secondary N) is 2. The fraction of sp³-hybridized carbons (Fsp3) is 0.333. The molecule has 1 atom stereocenters. The number of hydrogen-bond acceptors (Lipinski definition) is 4. The number of hydrogen-bond donors (Lipinski definition) is 2. The van der Waals surface area contributed by atoms with Crippen LogP contribution in [-0.2, 0) is 27.4 Å². The standard InChI is InChI=1S/C21H22F5N3O3S/c1-4-5-17-13(6-8-18(28-17)21(24,25)26)7-9-19(30)27-12(2)14-10-15(22)20(16(23)11-14)29-33(3,31)32/h6-12,29H,4-5H2,1-3H3,(H,27,30)/b9-7+/t12-/m1/s1. The van der Waals surface area contributed by atoms with Crippen LogP contribution in [0.2, 0.25) is 0 Å². The van der Waals surface area contributed by atoms with Crippen LogP contribution in [0.3, 0.4) is 0 Å². The molecule has 0 radical (unpaired) electrons. The van der Waals surface area contributed by atoms with Gasteiger partial charge in [-0.2, -0.15) is 13.2 Å². The van der Waals surface area contributed by atoms with Gasteiger partial charge >= 0.3 is 6.18 Å². The van der Waals surface area contributed by atoms with Gasteiger partial charge in [-0.05, 0) is 48.7 Å². The normalized spacial score (nSPS) is 13.2. The molecule has 0 saturated carbocycles. The molecular formula is C21H22F5N3O3S. The number of amides is 1. The van der Waals surface area contributed by atoms with Crippen molar-refractivity contribution in [1.82, 2.24) is 10.3 Å². The topological polar surface area (TPSA) is 88.2 Å². The van der Waals surface area contributed by atoms with E-state index in [4.69, 9.17) is 0 Å². The summed E-state index contributed by atoms with van der Waals surface area (Å²) in [5.74, 6) is -2.98. The van der Waals surface area contributed by atoms with Crippen molar-refractivity contribution in [2.45, 2.75) is 38.9 Å². The fourth-order valence-electron chi connectivity index (χ4n) is 2.89. The number of aromatic nitrogens is 1. The molecule has 2 aromatic rings. The molecule has 1 heterocycles. The summed E-state index contributed by atoms with van der Waals surface area (Å²) in [4.78, 5) is 15.9. The quantitative estimate of drug-likeness (QED) is 0.418. The minimum Gasteiger partial charge on any atom is -0.346 e. The lowest BCUT2D eigenvalue weighted by Crippen LogP contribution is -2.25. The number of sulfonamides is 1. The maximum atomic E-state index is 14.2. The summed E-state index contributed by atoms with van der Waals surface area (Å²) in [7, 11) is -3.90. The van der Waals surface area contributed by atoms with Gasteiger partial charge in [0, 0.05) is 11.8 Å². The zero-order chi connectivity index (χ0) is 25.0. The smallest absolute Gasteiger partial charge is 0.346 e. The minimum absolute atomic E-state index is 0.0358. The molecule has 0 aliphatic rings. The molecule has 0 fully saturated rings. The third-order valence-electron chi connectivity index (χ3n) is 4.41. The number of nitrogens with zero attached hydrogens (tertiary/aromatic N) is 1. The van der Waals surface area contributed by atoms with Gasteiger partial charge in [0.15, 0.2) is 11.6 Å². The summed E-state index contributed by atoms with van der Waals surface area (Å²) in [6.45, 7) is 3.23. The van der Waals surface area contributed by atoms with Crippen molar-refractivity contribution in [3.05, 3.63) is 64.5 Å². The van der Waals surface area contributed by atoms with E-state index in [1.165, 1.54) is 19.1 Å². The molecule has 0 aliphatic heterocycles. The number of rotatable bonds is 8. The van der Waals surface area contributed by atoms with Gasteiger partial charge in [0.05, 0.1) is 12.3 Å². The van der Waals surface area contributed by atoms with Gasteiger partial charge in [0.1, 0.15) is 11.4 Å². The van der Waals surface area contributed by atoms with Crippen LogP contribution in [-0.4, -0.2) is 25.6 Å². The number of carbonyl (C=O) groups is 1. The van der Waals surface area contributed by atoms with Crippen LogP contribution < -0.4 is 10.0 Å². The van der Waals surface area contributed by atoms with Crippen LogP contribution >= 0.6 is 0 Å². The number of anilines is 1. The van der Waals surface area contributed by atoms with E-state index in [0.29, 0.717) is 12.0 Å². The molecule has 12 heteroatoms. The first-order chi connectivity index (χ1) is 15.2. The summed E-state index contributed by atoms with van der Waals surface area (Å²) < 4.78 is 91.2. The molecule has 6 nitrogen and oxygen atoms in total. The second kappa shape index (κ2) is 10.3. The Morgan fingerprint density at radius 1 is 1.18 bits per heavy atom. The van der Waals surface area contributed by atoms with Gasteiger partial charge in [-0.3, -0.25) is 9.52 Å². The van der Waals surface area contributed by atoms with E-state index in [9.17, 15) is 35.2 Å². The Labute approximate surface area is 188 Å². The van der Waals surface area contributed by atoms with E-state index in [1.807, 2.05) is 0 Å². The highest BCUT2D eigenvalue weighted by Crippen LogP contribution is 2.29. The Balaban J connectivity index is 2.18. The summed E-state index contributed by atoms with van der Waals surface area (Å²) in [6, 6.07) is 2.93. The number of alkyl halides is 3. The Hall–Kier alpha value is -3.02. The molecule has 0 spiro atoms. The van der Waals surface area contributed by atoms with E-state index in [-0.39, 0.29) is 17.7 Å². The number of pyridine rings is 1. The summed E-state index contributed by atoms with van der Waals surface area (Å²) in [5.41, 5.74) is -1.31. The van der Waals surface area contributed by atoms with E-state index in [2.05, 4.69) is 10.3 Å². The average Bonchev–Trinajstić information content (AvgIpc) is 2.68. The summed E-state index contributed by atoms with van der Waals surface area (Å²) in [6.07, 6.45) is -0.651. The van der Waals surface area contributed by atoms with Crippen molar-refractivity contribution in [2.24, 2.45) is 0 Å². The van der Waals surface area contributed by atoms with E-state index in [0.717, 1.165) is 30.5 Å². The summed E-state index contributed by atoms with van der Waals surface area (Å²) >= 11 is 0. The van der Waals surface area contributed by atoms with Crippen molar-refractivity contribution in [2.75, 3.05) is 11.0 Å². The fourth-order valence-corrected chi connectivity index (χ4v) is 3.46. The monoisotopic (exact) mass is 491 g/mol. The lowest BCUT2D eigenvalue weighted by atomic mass is 10.1. The molecule has 0 unspecified atom stereocenters. The third-order valence-corrected chi connectivity index (χ3v) is 4.99. The number of benzene rings is 1. The highest BCUT2D eigenvalue weighted by Gasteiger charge is 2.32. The SMILES string of the molecule is CCCc1nc(C(F)(F)F)ccc1/C=C/C(=O)N[C@H](C)c1cc(F)c(NS(C)(=O)=O)c(F)c1. The van der Waals surface area contributed by atoms with Crippen molar-refractivity contribution < 1.29 is 35.2 Å². The molecular weight excluding hydrogens is 469 g/mol. The van der Waals surface area contributed by atoms with Gasteiger partial charge in [0.2, 0.25) is 15.9 Å². The average molecular weight is 491 g/mol. The van der Waals surface area contributed by atoms with Crippen molar-refractivity contribution >= 4 is 27.7 Å². The zero-order valence-corrected chi connectivity index (χ0v) is 18.7. The minimum atomic E-state index is -4.59. The van der Waals surface area contributed by atoms with Gasteiger partial charge in [0.25, 0.3) is 0 Å². The number of halogens is 5. The lowest BCUT2D eigenvalue weighted by Gasteiger charge is -2.15. The molecule has 0 saturated heterocycles. The maximum absolute atomic E-state index is 14.2. The van der Waals surface area contributed by atoms with Crippen LogP contribution in [0.25, 0.3) is 6.08 Å².